The molecule has 3 aromatic carbocycles. The van der Waals surface area contributed by atoms with E-state index in [0.717, 1.165) is 62.1 Å². The molecule has 0 bridgehead atoms. The highest BCUT2D eigenvalue weighted by molar-refractivity contribution is 5.49. The minimum Gasteiger partial charge on any atom is -0.508 e. The molecule has 1 amide bonds. The summed E-state index contributed by atoms with van der Waals surface area (Å²) in [4.78, 5) is 15.8. The minimum atomic E-state index is -0.269. The largest absolute Gasteiger partial charge is 0.508 e. The molecule has 2 aliphatic rings. The van der Waals surface area contributed by atoms with Gasteiger partial charge in [-0.15, -0.1) is 0 Å². The summed E-state index contributed by atoms with van der Waals surface area (Å²) in [5.41, 5.74) is 5.21. The van der Waals surface area contributed by atoms with E-state index in [1.807, 2.05) is 23.1 Å². The number of nitrogens with zero attached hydrogens (tertiary/aromatic N) is 2. The molecular formula is C33H40FN3O2. The first-order valence-corrected chi connectivity index (χ1v) is 14.1. The van der Waals surface area contributed by atoms with E-state index in [1.54, 1.807) is 6.07 Å². The van der Waals surface area contributed by atoms with Crippen molar-refractivity contribution in [2.75, 3.05) is 26.2 Å². The molecule has 0 unspecified atom stereocenters. The SMILES string of the molecule is C[C@@H]1CN([C@H](c2ccc(Cc3cccc(F)c3)c(O)c2)c2ccccc2C2(C)CCN(C=O)CC2)[C@@H](C)CN1. The van der Waals surface area contributed by atoms with E-state index in [2.05, 4.69) is 61.3 Å². The maximum absolute atomic E-state index is 13.8. The van der Waals surface area contributed by atoms with Gasteiger partial charge in [0.1, 0.15) is 11.6 Å². The molecule has 6 heteroatoms. The van der Waals surface area contributed by atoms with Crippen LogP contribution in [0.3, 0.4) is 0 Å². The average molecular weight is 530 g/mol. The Morgan fingerprint density at radius 2 is 1.85 bits per heavy atom. The molecular weight excluding hydrogens is 489 g/mol. The number of benzene rings is 3. The van der Waals surface area contributed by atoms with Gasteiger partial charge < -0.3 is 15.3 Å². The van der Waals surface area contributed by atoms with Gasteiger partial charge in [0, 0.05) is 44.7 Å². The molecule has 2 aliphatic heterocycles. The van der Waals surface area contributed by atoms with Gasteiger partial charge in [0.15, 0.2) is 0 Å². The van der Waals surface area contributed by atoms with E-state index in [9.17, 15) is 14.3 Å². The third kappa shape index (κ3) is 5.87. The third-order valence-corrected chi connectivity index (χ3v) is 8.81. The maximum atomic E-state index is 13.8. The number of piperidine rings is 1. The Bertz CT molecular complexity index is 1300. The lowest BCUT2D eigenvalue weighted by atomic mass is 9.71. The molecule has 5 rings (SSSR count). The number of halogens is 1. The molecule has 206 valence electrons. The number of aromatic hydroxyl groups is 1. The highest BCUT2D eigenvalue weighted by atomic mass is 19.1. The van der Waals surface area contributed by atoms with Crippen molar-refractivity contribution in [1.29, 1.82) is 0 Å². The maximum Gasteiger partial charge on any atom is 0.209 e. The molecule has 2 heterocycles. The Hall–Kier alpha value is -3.22. The molecule has 5 nitrogen and oxygen atoms in total. The molecule has 39 heavy (non-hydrogen) atoms. The van der Waals surface area contributed by atoms with Gasteiger partial charge in [-0.25, -0.2) is 4.39 Å². The normalized spacial score (nSPS) is 22.4. The second-order valence-corrected chi connectivity index (χ2v) is 11.7. The molecule has 2 fully saturated rings. The van der Waals surface area contributed by atoms with Crippen molar-refractivity contribution >= 4 is 6.41 Å². The van der Waals surface area contributed by atoms with Crippen LogP contribution in [0.2, 0.25) is 0 Å². The van der Waals surface area contributed by atoms with Crippen LogP contribution in [0, 0.1) is 5.82 Å². The van der Waals surface area contributed by atoms with Gasteiger partial charge in [-0.1, -0.05) is 55.5 Å². The quantitative estimate of drug-likeness (QED) is 0.402. The molecule has 0 radical (unpaired) electrons. The first-order valence-electron chi connectivity index (χ1n) is 14.1. The Labute approximate surface area is 231 Å². The standard InChI is InChI=1S/C33H40FN3O2/c1-23-21-37(24(2)20-35-23)32(27-12-11-26(31(39)19-27)17-25-7-6-8-28(34)18-25)29-9-4-5-10-30(29)33(3)13-15-36(22-38)16-14-33/h4-12,18-19,22-24,32,35,39H,13-17,20-21H2,1-3H3/t23-,24+,32-/m1/s1. The van der Waals surface area contributed by atoms with Crippen molar-refractivity contribution in [2.45, 2.75) is 63.6 Å². The first-order chi connectivity index (χ1) is 18.8. The van der Waals surface area contributed by atoms with Crippen molar-refractivity contribution in [3.63, 3.8) is 0 Å². The fourth-order valence-electron chi connectivity index (χ4n) is 6.40. The zero-order chi connectivity index (χ0) is 27.6. The first kappa shape index (κ1) is 27.4. The van der Waals surface area contributed by atoms with Crippen LogP contribution in [-0.2, 0) is 16.6 Å². The van der Waals surface area contributed by atoms with E-state index in [-0.39, 0.29) is 23.0 Å². The lowest BCUT2D eigenvalue weighted by Gasteiger charge is -2.45. The summed E-state index contributed by atoms with van der Waals surface area (Å²) in [5, 5.41) is 14.8. The average Bonchev–Trinajstić information content (AvgIpc) is 2.93. The third-order valence-electron chi connectivity index (χ3n) is 8.81. The van der Waals surface area contributed by atoms with Gasteiger partial charge in [0.25, 0.3) is 0 Å². The smallest absolute Gasteiger partial charge is 0.209 e. The fraction of sp³-hybridized carbons (Fsp3) is 0.424. The van der Waals surface area contributed by atoms with Crippen LogP contribution in [0.25, 0.3) is 0 Å². The van der Waals surface area contributed by atoms with Gasteiger partial charge in [0.05, 0.1) is 6.04 Å². The predicted octanol–water partition coefficient (Wildman–Crippen LogP) is 5.40. The summed E-state index contributed by atoms with van der Waals surface area (Å²) in [7, 11) is 0. The van der Waals surface area contributed by atoms with Crippen molar-refractivity contribution in [2.24, 2.45) is 0 Å². The number of carbonyl (C=O) groups excluding carboxylic acids is 1. The van der Waals surface area contributed by atoms with Crippen molar-refractivity contribution in [3.8, 4) is 5.75 Å². The number of piperazine rings is 1. The summed E-state index contributed by atoms with van der Waals surface area (Å²) < 4.78 is 13.8. The molecule has 3 atom stereocenters. The number of phenols is 1. The van der Waals surface area contributed by atoms with Crippen LogP contribution in [0.1, 0.15) is 67.5 Å². The molecule has 3 aromatic rings. The number of hydrogen-bond donors (Lipinski definition) is 2. The van der Waals surface area contributed by atoms with E-state index in [1.165, 1.54) is 23.3 Å². The summed E-state index contributed by atoms with van der Waals surface area (Å²) >= 11 is 0. The lowest BCUT2D eigenvalue weighted by Crippen LogP contribution is -2.55. The Balaban J connectivity index is 1.56. The zero-order valence-corrected chi connectivity index (χ0v) is 23.2. The van der Waals surface area contributed by atoms with Gasteiger partial charge >= 0.3 is 0 Å². The van der Waals surface area contributed by atoms with Gasteiger partial charge in [-0.05, 0) is 78.1 Å². The van der Waals surface area contributed by atoms with Crippen LogP contribution < -0.4 is 5.32 Å². The fourth-order valence-corrected chi connectivity index (χ4v) is 6.40. The Morgan fingerprint density at radius 3 is 2.56 bits per heavy atom. The van der Waals surface area contributed by atoms with Crippen molar-refractivity contribution in [1.82, 2.24) is 15.1 Å². The molecule has 0 aromatic heterocycles. The van der Waals surface area contributed by atoms with Crippen LogP contribution in [0.4, 0.5) is 4.39 Å². The van der Waals surface area contributed by atoms with Crippen LogP contribution in [-0.4, -0.2) is 59.6 Å². The number of rotatable bonds is 7. The Kier molecular flexibility index (Phi) is 8.06. The molecule has 0 saturated carbocycles. The summed E-state index contributed by atoms with van der Waals surface area (Å²) in [6.07, 6.45) is 3.27. The second kappa shape index (κ2) is 11.5. The van der Waals surface area contributed by atoms with E-state index in [0.29, 0.717) is 18.5 Å². The van der Waals surface area contributed by atoms with Crippen molar-refractivity contribution in [3.05, 3.63) is 100 Å². The predicted molar refractivity (Wildman–Crippen MR) is 153 cm³/mol. The van der Waals surface area contributed by atoms with Gasteiger partial charge in [-0.2, -0.15) is 0 Å². The second-order valence-electron chi connectivity index (χ2n) is 11.7. The summed E-state index contributed by atoms with van der Waals surface area (Å²) in [5.74, 6) is -0.0323. The summed E-state index contributed by atoms with van der Waals surface area (Å²) in [6, 6.07) is 21.9. The highest BCUT2D eigenvalue weighted by Gasteiger charge is 2.38. The van der Waals surface area contributed by atoms with Crippen molar-refractivity contribution < 1.29 is 14.3 Å². The number of phenolic OH excluding ortho intramolecular Hbond substituents is 1. The number of amides is 1. The lowest BCUT2D eigenvalue weighted by molar-refractivity contribution is -0.119. The van der Waals surface area contributed by atoms with Crippen LogP contribution in [0.15, 0.2) is 66.7 Å². The molecule has 2 N–H and O–H groups in total. The van der Waals surface area contributed by atoms with E-state index < -0.39 is 0 Å². The summed E-state index contributed by atoms with van der Waals surface area (Å²) in [6.45, 7) is 10.1. The minimum absolute atomic E-state index is 0.0317. The van der Waals surface area contributed by atoms with Crippen LogP contribution in [0.5, 0.6) is 5.75 Å². The monoisotopic (exact) mass is 529 g/mol. The Morgan fingerprint density at radius 1 is 1.08 bits per heavy atom. The zero-order valence-electron chi connectivity index (χ0n) is 23.2. The molecule has 0 spiro atoms. The van der Waals surface area contributed by atoms with E-state index in [4.69, 9.17) is 0 Å². The number of hydrogen-bond acceptors (Lipinski definition) is 4. The number of likely N-dealkylation sites (tertiary alicyclic amines) is 1. The van der Waals surface area contributed by atoms with Gasteiger partial charge in [0.2, 0.25) is 6.41 Å². The van der Waals surface area contributed by atoms with Gasteiger partial charge in [-0.3, -0.25) is 9.69 Å². The van der Waals surface area contributed by atoms with Crippen LogP contribution >= 0.6 is 0 Å². The van der Waals surface area contributed by atoms with E-state index >= 15 is 0 Å². The molecule has 0 aliphatic carbocycles. The number of nitrogens with one attached hydrogen (secondary N) is 1. The highest BCUT2D eigenvalue weighted by Crippen LogP contribution is 2.43. The molecule has 2 saturated heterocycles. The number of carbonyl (C=O) groups is 1. The topological polar surface area (TPSA) is 55.8 Å².